The van der Waals surface area contributed by atoms with E-state index >= 15 is 0 Å². The molecule has 110 valence electrons. The first-order chi connectivity index (χ1) is 8.72. The molecule has 0 aromatic heterocycles. The molecule has 1 unspecified atom stereocenters. The molecule has 1 aliphatic carbocycles. The Morgan fingerprint density at radius 3 is 2.21 bits per heavy atom. The van der Waals surface area contributed by atoms with Gasteiger partial charge in [-0.25, -0.2) is 0 Å². The van der Waals surface area contributed by atoms with Gasteiger partial charge in [0, 0.05) is 12.6 Å². The number of halogens is 3. The molecule has 1 N–H and O–H groups in total. The topological polar surface area (TPSA) is 39.1 Å². The van der Waals surface area contributed by atoms with Gasteiger partial charge in [-0.05, 0) is 39.2 Å². The SMILES string of the molecule is CCN(CC(F)(F)F)CC(C#N)(NC(C)C)C1CC1. The predicted octanol–water partition coefficient (Wildman–Crippen LogP) is 2.54. The molecule has 19 heavy (non-hydrogen) atoms. The highest BCUT2D eigenvalue weighted by atomic mass is 19.4. The van der Waals surface area contributed by atoms with Crippen molar-refractivity contribution in [2.75, 3.05) is 19.6 Å². The van der Waals surface area contributed by atoms with E-state index in [0.717, 1.165) is 12.8 Å². The van der Waals surface area contributed by atoms with Gasteiger partial charge in [0.15, 0.2) is 0 Å². The zero-order valence-corrected chi connectivity index (χ0v) is 11.7. The van der Waals surface area contributed by atoms with Crippen molar-refractivity contribution >= 4 is 0 Å². The summed E-state index contributed by atoms with van der Waals surface area (Å²) in [5, 5.41) is 12.6. The van der Waals surface area contributed by atoms with E-state index in [1.165, 1.54) is 4.90 Å². The Morgan fingerprint density at radius 2 is 1.89 bits per heavy atom. The summed E-state index contributed by atoms with van der Waals surface area (Å²) >= 11 is 0. The number of hydrogen-bond donors (Lipinski definition) is 1. The Morgan fingerprint density at radius 1 is 1.32 bits per heavy atom. The number of alkyl halides is 3. The van der Waals surface area contributed by atoms with Crippen LogP contribution in [0.25, 0.3) is 0 Å². The number of rotatable bonds is 7. The molecule has 0 saturated heterocycles. The summed E-state index contributed by atoms with van der Waals surface area (Å²) in [6, 6.07) is 2.31. The fourth-order valence-electron chi connectivity index (χ4n) is 2.43. The van der Waals surface area contributed by atoms with Crippen LogP contribution in [0.5, 0.6) is 0 Å². The van der Waals surface area contributed by atoms with Gasteiger partial charge >= 0.3 is 6.18 Å². The van der Waals surface area contributed by atoms with Crippen molar-refractivity contribution in [2.24, 2.45) is 5.92 Å². The molecule has 0 amide bonds. The smallest absolute Gasteiger partial charge is 0.296 e. The minimum absolute atomic E-state index is 0.0739. The normalized spacial score (nSPS) is 19.5. The Balaban J connectivity index is 2.78. The Labute approximate surface area is 112 Å². The molecule has 0 bridgehead atoms. The zero-order valence-electron chi connectivity index (χ0n) is 11.7. The van der Waals surface area contributed by atoms with E-state index in [1.54, 1.807) is 6.92 Å². The van der Waals surface area contributed by atoms with Crippen LogP contribution >= 0.6 is 0 Å². The minimum Gasteiger partial charge on any atom is -0.296 e. The van der Waals surface area contributed by atoms with Crippen molar-refractivity contribution in [1.29, 1.82) is 5.26 Å². The van der Waals surface area contributed by atoms with Crippen LogP contribution in [0.2, 0.25) is 0 Å². The lowest BCUT2D eigenvalue weighted by molar-refractivity contribution is -0.147. The van der Waals surface area contributed by atoms with E-state index in [0.29, 0.717) is 0 Å². The highest BCUT2D eigenvalue weighted by Gasteiger charge is 2.47. The van der Waals surface area contributed by atoms with Crippen LogP contribution < -0.4 is 5.32 Å². The first-order valence-corrected chi connectivity index (χ1v) is 6.70. The molecule has 0 spiro atoms. The second-order valence-electron chi connectivity index (χ2n) is 5.57. The fraction of sp³-hybridized carbons (Fsp3) is 0.923. The Hall–Kier alpha value is -0.800. The molecule has 6 heteroatoms. The average molecular weight is 277 g/mol. The quantitative estimate of drug-likeness (QED) is 0.777. The van der Waals surface area contributed by atoms with Gasteiger partial charge in [0.1, 0.15) is 5.54 Å². The predicted molar refractivity (Wildman–Crippen MR) is 67.5 cm³/mol. The van der Waals surface area contributed by atoms with E-state index in [-0.39, 0.29) is 25.0 Å². The van der Waals surface area contributed by atoms with Crippen LogP contribution in [0.1, 0.15) is 33.6 Å². The minimum atomic E-state index is -4.22. The van der Waals surface area contributed by atoms with Gasteiger partial charge in [-0.1, -0.05) is 6.92 Å². The lowest BCUT2D eigenvalue weighted by atomic mass is 9.93. The van der Waals surface area contributed by atoms with Gasteiger partial charge in [-0.3, -0.25) is 10.2 Å². The zero-order chi connectivity index (χ0) is 14.7. The highest BCUT2D eigenvalue weighted by molar-refractivity contribution is 5.17. The maximum absolute atomic E-state index is 12.5. The molecule has 1 atom stereocenters. The molecular weight excluding hydrogens is 255 g/mol. The van der Waals surface area contributed by atoms with Gasteiger partial charge in [0.05, 0.1) is 12.6 Å². The second-order valence-corrected chi connectivity index (χ2v) is 5.57. The number of nitriles is 1. The lowest BCUT2D eigenvalue weighted by Gasteiger charge is -2.35. The first kappa shape index (κ1) is 16.3. The summed E-state index contributed by atoms with van der Waals surface area (Å²) in [5.74, 6) is 0.169. The molecule has 0 heterocycles. The summed E-state index contributed by atoms with van der Waals surface area (Å²) < 4.78 is 37.5. The summed E-state index contributed by atoms with van der Waals surface area (Å²) in [6.07, 6.45) is -2.40. The first-order valence-electron chi connectivity index (χ1n) is 6.70. The van der Waals surface area contributed by atoms with Crippen LogP contribution in [0.15, 0.2) is 0 Å². The molecule has 0 aromatic rings. The van der Waals surface area contributed by atoms with E-state index in [1.807, 2.05) is 13.8 Å². The van der Waals surface area contributed by atoms with Crippen molar-refractivity contribution in [1.82, 2.24) is 10.2 Å². The van der Waals surface area contributed by atoms with Crippen LogP contribution in [0.3, 0.4) is 0 Å². The van der Waals surface area contributed by atoms with E-state index < -0.39 is 18.3 Å². The molecule has 1 aliphatic rings. The van der Waals surface area contributed by atoms with E-state index in [9.17, 15) is 18.4 Å². The van der Waals surface area contributed by atoms with Crippen molar-refractivity contribution in [2.45, 2.75) is 51.4 Å². The van der Waals surface area contributed by atoms with Gasteiger partial charge in [-0.2, -0.15) is 18.4 Å². The van der Waals surface area contributed by atoms with E-state index in [4.69, 9.17) is 0 Å². The molecule has 1 rings (SSSR count). The number of nitrogens with zero attached hydrogens (tertiary/aromatic N) is 2. The second kappa shape index (κ2) is 6.10. The number of nitrogens with one attached hydrogen (secondary N) is 1. The molecule has 0 aromatic carbocycles. The molecule has 0 aliphatic heterocycles. The fourth-order valence-corrected chi connectivity index (χ4v) is 2.43. The lowest BCUT2D eigenvalue weighted by Crippen LogP contribution is -2.57. The molecular formula is C13H22F3N3. The van der Waals surface area contributed by atoms with Gasteiger partial charge in [-0.15, -0.1) is 0 Å². The maximum atomic E-state index is 12.5. The van der Waals surface area contributed by atoms with Crippen molar-refractivity contribution < 1.29 is 13.2 Å². The van der Waals surface area contributed by atoms with Crippen LogP contribution in [0, 0.1) is 17.2 Å². The van der Waals surface area contributed by atoms with Gasteiger partial charge < -0.3 is 0 Å². The summed E-state index contributed by atoms with van der Waals surface area (Å²) in [7, 11) is 0. The number of hydrogen-bond acceptors (Lipinski definition) is 3. The van der Waals surface area contributed by atoms with Crippen LogP contribution in [0.4, 0.5) is 13.2 Å². The standard InChI is InChI=1S/C13H22F3N3/c1-4-19(9-13(14,15)16)8-12(7-17,11-5-6-11)18-10(2)3/h10-11,18H,4-6,8-9H2,1-3H3. The molecule has 0 radical (unpaired) electrons. The van der Waals surface area contributed by atoms with Gasteiger partial charge in [0.25, 0.3) is 0 Å². The van der Waals surface area contributed by atoms with Crippen molar-refractivity contribution in [3.05, 3.63) is 0 Å². The van der Waals surface area contributed by atoms with Gasteiger partial charge in [0.2, 0.25) is 0 Å². The molecule has 1 fully saturated rings. The van der Waals surface area contributed by atoms with Crippen LogP contribution in [-0.4, -0.2) is 42.3 Å². The summed E-state index contributed by atoms with van der Waals surface area (Å²) in [6.45, 7) is 4.97. The molecule has 1 saturated carbocycles. The Bertz CT molecular complexity index is 331. The summed E-state index contributed by atoms with van der Waals surface area (Å²) in [4.78, 5) is 1.30. The number of likely N-dealkylation sites (N-methyl/N-ethyl adjacent to an activating group) is 1. The summed E-state index contributed by atoms with van der Waals surface area (Å²) in [5.41, 5.74) is -0.852. The third kappa shape index (κ3) is 5.00. The van der Waals surface area contributed by atoms with Crippen molar-refractivity contribution in [3.8, 4) is 6.07 Å². The maximum Gasteiger partial charge on any atom is 0.401 e. The third-order valence-corrected chi connectivity index (χ3v) is 3.34. The van der Waals surface area contributed by atoms with E-state index in [2.05, 4.69) is 11.4 Å². The van der Waals surface area contributed by atoms with Crippen LogP contribution in [-0.2, 0) is 0 Å². The largest absolute Gasteiger partial charge is 0.401 e. The van der Waals surface area contributed by atoms with Crippen molar-refractivity contribution in [3.63, 3.8) is 0 Å². The average Bonchev–Trinajstić information content (AvgIpc) is 3.08. The Kier molecular flexibility index (Phi) is 5.22. The molecule has 3 nitrogen and oxygen atoms in total. The highest BCUT2D eigenvalue weighted by Crippen LogP contribution is 2.40. The third-order valence-electron chi connectivity index (χ3n) is 3.34. The monoisotopic (exact) mass is 277 g/mol.